The number of hydrogen-bond acceptors (Lipinski definition) is 5. The lowest BCUT2D eigenvalue weighted by Crippen LogP contribution is -1.96. The SMILES string of the molecule is COc1cc(CO)cc(OC)c1C#CCCSC(C)=O. The predicted molar refractivity (Wildman–Crippen MR) is 80.1 cm³/mol. The van der Waals surface area contributed by atoms with E-state index in [9.17, 15) is 9.90 Å². The molecule has 5 heteroatoms. The number of thioether (sulfide) groups is 1. The zero-order valence-corrected chi connectivity index (χ0v) is 12.7. The maximum atomic E-state index is 10.8. The summed E-state index contributed by atoms with van der Waals surface area (Å²) in [5, 5.41) is 9.28. The highest BCUT2D eigenvalue weighted by atomic mass is 32.2. The standard InChI is InChI=1S/C15H18O4S/c1-11(17)20-7-5-4-6-13-14(18-2)8-12(10-16)9-15(13)19-3/h8-9,16H,5,7,10H2,1-3H3. The van der Waals surface area contributed by atoms with Gasteiger partial charge in [-0.05, 0) is 17.7 Å². The minimum absolute atomic E-state index is 0.0876. The Morgan fingerprint density at radius 2 is 1.90 bits per heavy atom. The Bertz CT molecular complexity index is 503. The second kappa shape index (κ2) is 8.51. The first-order valence-corrected chi connectivity index (χ1v) is 7.09. The number of carbonyl (C=O) groups is 1. The Morgan fingerprint density at radius 1 is 1.30 bits per heavy atom. The Balaban J connectivity index is 2.92. The van der Waals surface area contributed by atoms with Gasteiger partial charge < -0.3 is 14.6 Å². The van der Waals surface area contributed by atoms with Gasteiger partial charge in [-0.1, -0.05) is 23.6 Å². The first kappa shape index (κ1) is 16.4. The lowest BCUT2D eigenvalue weighted by molar-refractivity contribution is -0.109. The van der Waals surface area contributed by atoms with Crippen LogP contribution in [0, 0.1) is 11.8 Å². The molecule has 0 unspecified atom stereocenters. The fraction of sp³-hybridized carbons (Fsp3) is 0.400. The molecule has 1 aromatic rings. The minimum Gasteiger partial charge on any atom is -0.495 e. The van der Waals surface area contributed by atoms with E-state index in [1.807, 2.05) is 0 Å². The Kier molecular flexibility index (Phi) is 6.99. The zero-order valence-electron chi connectivity index (χ0n) is 11.9. The van der Waals surface area contributed by atoms with E-state index < -0.39 is 0 Å². The number of aliphatic hydroxyl groups is 1. The summed E-state index contributed by atoms with van der Waals surface area (Å²) in [6, 6.07) is 3.47. The largest absolute Gasteiger partial charge is 0.495 e. The summed E-state index contributed by atoms with van der Waals surface area (Å²) < 4.78 is 10.5. The van der Waals surface area contributed by atoms with Crippen LogP contribution in [0.4, 0.5) is 0 Å². The van der Waals surface area contributed by atoms with Crippen LogP contribution in [0.25, 0.3) is 0 Å². The molecule has 4 nitrogen and oxygen atoms in total. The first-order valence-electron chi connectivity index (χ1n) is 6.10. The molecule has 0 fully saturated rings. The van der Waals surface area contributed by atoms with Gasteiger partial charge in [-0.25, -0.2) is 0 Å². The van der Waals surface area contributed by atoms with Crippen LogP contribution in [-0.4, -0.2) is 30.2 Å². The van der Waals surface area contributed by atoms with Crippen molar-refractivity contribution in [3.63, 3.8) is 0 Å². The highest BCUT2D eigenvalue weighted by Gasteiger charge is 2.10. The second-order valence-corrected chi connectivity index (χ2v) is 5.20. The minimum atomic E-state index is -0.0876. The predicted octanol–water partition coefficient (Wildman–Crippen LogP) is 2.22. The summed E-state index contributed by atoms with van der Waals surface area (Å²) in [4.78, 5) is 10.8. The number of carbonyl (C=O) groups excluding carboxylic acids is 1. The summed E-state index contributed by atoms with van der Waals surface area (Å²) in [7, 11) is 3.10. The van der Waals surface area contributed by atoms with Crippen molar-refractivity contribution >= 4 is 16.9 Å². The van der Waals surface area contributed by atoms with Crippen LogP contribution in [0.3, 0.4) is 0 Å². The molecule has 1 rings (SSSR count). The molecule has 0 bridgehead atoms. The molecule has 0 aromatic heterocycles. The smallest absolute Gasteiger partial charge is 0.185 e. The van der Waals surface area contributed by atoms with Gasteiger partial charge in [-0.3, -0.25) is 4.79 Å². The highest BCUT2D eigenvalue weighted by Crippen LogP contribution is 2.29. The van der Waals surface area contributed by atoms with Crippen molar-refractivity contribution < 1.29 is 19.4 Å². The number of aliphatic hydroxyl groups excluding tert-OH is 1. The van der Waals surface area contributed by atoms with Gasteiger partial charge in [-0.2, -0.15) is 0 Å². The number of hydrogen-bond donors (Lipinski definition) is 1. The van der Waals surface area contributed by atoms with E-state index in [1.54, 1.807) is 26.4 Å². The van der Waals surface area contributed by atoms with Crippen molar-refractivity contribution in [3.8, 4) is 23.3 Å². The molecule has 0 saturated carbocycles. The fourth-order valence-corrected chi connectivity index (χ4v) is 2.07. The van der Waals surface area contributed by atoms with Crippen LogP contribution < -0.4 is 9.47 Å². The van der Waals surface area contributed by atoms with Crippen LogP contribution in [-0.2, 0) is 11.4 Å². The average molecular weight is 294 g/mol. The van der Waals surface area contributed by atoms with Crippen molar-refractivity contribution in [2.24, 2.45) is 0 Å². The molecule has 0 saturated heterocycles. The molecule has 0 heterocycles. The van der Waals surface area contributed by atoms with Crippen molar-refractivity contribution in [3.05, 3.63) is 23.3 Å². The van der Waals surface area contributed by atoms with E-state index in [4.69, 9.17) is 9.47 Å². The molecule has 20 heavy (non-hydrogen) atoms. The van der Waals surface area contributed by atoms with Gasteiger partial charge in [0.2, 0.25) is 0 Å². The van der Waals surface area contributed by atoms with Crippen LogP contribution in [0.5, 0.6) is 11.5 Å². The quantitative estimate of drug-likeness (QED) is 0.666. The van der Waals surface area contributed by atoms with Crippen molar-refractivity contribution in [1.29, 1.82) is 0 Å². The summed E-state index contributed by atoms with van der Waals surface area (Å²) in [6.45, 7) is 1.45. The lowest BCUT2D eigenvalue weighted by Gasteiger charge is -2.10. The Morgan fingerprint density at radius 3 is 2.35 bits per heavy atom. The van der Waals surface area contributed by atoms with E-state index in [0.717, 1.165) is 0 Å². The Labute approximate surface area is 123 Å². The number of methoxy groups -OCH3 is 2. The van der Waals surface area contributed by atoms with Crippen LogP contribution in [0.2, 0.25) is 0 Å². The molecule has 1 N–H and O–H groups in total. The van der Waals surface area contributed by atoms with E-state index in [2.05, 4.69) is 11.8 Å². The molecular formula is C15H18O4S. The van der Waals surface area contributed by atoms with Gasteiger partial charge in [-0.15, -0.1) is 0 Å². The van der Waals surface area contributed by atoms with Gasteiger partial charge in [0.15, 0.2) is 5.12 Å². The third-order valence-corrected chi connectivity index (χ3v) is 3.31. The molecule has 0 radical (unpaired) electrons. The number of benzene rings is 1. The lowest BCUT2D eigenvalue weighted by atomic mass is 10.1. The Hall–Kier alpha value is -1.64. The number of rotatable bonds is 5. The van der Waals surface area contributed by atoms with Gasteiger partial charge in [0.25, 0.3) is 0 Å². The zero-order chi connectivity index (χ0) is 15.0. The van der Waals surface area contributed by atoms with Gasteiger partial charge in [0.1, 0.15) is 17.1 Å². The molecule has 0 aliphatic carbocycles. The molecule has 1 aromatic carbocycles. The number of ether oxygens (including phenoxy) is 2. The van der Waals surface area contributed by atoms with Gasteiger partial charge in [0.05, 0.1) is 20.8 Å². The van der Waals surface area contributed by atoms with Crippen molar-refractivity contribution in [1.82, 2.24) is 0 Å². The highest BCUT2D eigenvalue weighted by molar-refractivity contribution is 8.13. The molecule has 0 aliphatic rings. The van der Waals surface area contributed by atoms with E-state index in [0.29, 0.717) is 34.8 Å². The third-order valence-electron chi connectivity index (χ3n) is 2.49. The first-order chi connectivity index (χ1) is 9.62. The topological polar surface area (TPSA) is 55.8 Å². The third kappa shape index (κ3) is 4.80. The maximum absolute atomic E-state index is 10.8. The van der Waals surface area contributed by atoms with Gasteiger partial charge in [0, 0.05) is 19.1 Å². The molecular weight excluding hydrogens is 276 g/mol. The molecule has 0 spiro atoms. The van der Waals surface area contributed by atoms with E-state index >= 15 is 0 Å². The fourth-order valence-electron chi connectivity index (χ4n) is 1.58. The molecule has 0 amide bonds. The van der Waals surface area contributed by atoms with E-state index in [-0.39, 0.29) is 11.7 Å². The monoisotopic (exact) mass is 294 g/mol. The maximum Gasteiger partial charge on any atom is 0.185 e. The van der Waals surface area contributed by atoms with Crippen molar-refractivity contribution in [2.75, 3.05) is 20.0 Å². The van der Waals surface area contributed by atoms with Crippen LogP contribution in [0.1, 0.15) is 24.5 Å². The summed E-state index contributed by atoms with van der Waals surface area (Å²) in [5.41, 5.74) is 1.36. The van der Waals surface area contributed by atoms with E-state index in [1.165, 1.54) is 18.7 Å². The molecule has 0 atom stereocenters. The summed E-state index contributed by atoms with van der Waals surface area (Å²) in [5.74, 6) is 7.81. The van der Waals surface area contributed by atoms with Crippen LogP contribution >= 0.6 is 11.8 Å². The second-order valence-electron chi connectivity index (χ2n) is 3.93. The average Bonchev–Trinajstić information content (AvgIpc) is 2.46. The van der Waals surface area contributed by atoms with Crippen LogP contribution in [0.15, 0.2) is 12.1 Å². The summed E-state index contributed by atoms with van der Waals surface area (Å²) >= 11 is 1.26. The van der Waals surface area contributed by atoms with Crippen molar-refractivity contribution in [2.45, 2.75) is 20.0 Å². The molecule has 108 valence electrons. The normalized spacial score (nSPS) is 9.60. The van der Waals surface area contributed by atoms with Gasteiger partial charge >= 0.3 is 0 Å². The molecule has 0 aliphatic heterocycles. The summed E-state index contributed by atoms with van der Waals surface area (Å²) in [6.07, 6.45) is 0.609.